The van der Waals surface area contributed by atoms with Gasteiger partial charge < -0.3 is 10.6 Å². The molecule has 0 atom stereocenters. The highest BCUT2D eigenvalue weighted by Crippen LogP contribution is 2.09. The molecule has 0 aliphatic carbocycles. The lowest BCUT2D eigenvalue weighted by molar-refractivity contribution is -0.116. The second kappa shape index (κ2) is 8.20. The Bertz CT molecular complexity index is 838. The number of anilines is 1. The van der Waals surface area contributed by atoms with Crippen LogP contribution in [0.4, 0.5) is 5.82 Å². The fourth-order valence-electron chi connectivity index (χ4n) is 2.06. The fraction of sp³-hybridized carbons (Fsp3) is 0.176. The maximum atomic E-state index is 11.7. The van der Waals surface area contributed by atoms with Gasteiger partial charge in [0, 0.05) is 30.2 Å². The summed E-state index contributed by atoms with van der Waals surface area (Å²) in [6.07, 6.45) is 5.17. The maximum absolute atomic E-state index is 11.7. The zero-order chi connectivity index (χ0) is 17.5. The van der Waals surface area contributed by atoms with Gasteiger partial charge >= 0.3 is 0 Å². The van der Waals surface area contributed by atoms with Crippen molar-refractivity contribution in [1.82, 2.24) is 25.3 Å². The molecule has 3 aromatic rings. The molecular weight excluding hydrogens is 336 g/mol. The van der Waals surface area contributed by atoms with E-state index >= 15 is 0 Å². The van der Waals surface area contributed by atoms with Gasteiger partial charge in [0.1, 0.15) is 5.82 Å². The van der Waals surface area contributed by atoms with E-state index in [1.807, 2.05) is 48.8 Å². The van der Waals surface area contributed by atoms with Gasteiger partial charge in [-0.25, -0.2) is 4.68 Å². The van der Waals surface area contributed by atoms with Gasteiger partial charge in [-0.05, 0) is 42.6 Å². The molecule has 0 spiro atoms. The summed E-state index contributed by atoms with van der Waals surface area (Å²) in [5.41, 5.74) is 0.924. The van der Waals surface area contributed by atoms with Crippen LogP contribution >= 0.6 is 11.3 Å². The van der Waals surface area contributed by atoms with Crippen LogP contribution in [0.2, 0.25) is 0 Å². The molecule has 0 fully saturated rings. The summed E-state index contributed by atoms with van der Waals surface area (Å²) in [6, 6.07) is 9.49. The Morgan fingerprint density at radius 1 is 1.24 bits per heavy atom. The van der Waals surface area contributed by atoms with Crippen LogP contribution in [-0.2, 0) is 4.79 Å². The minimum absolute atomic E-state index is 0.120. The lowest BCUT2D eigenvalue weighted by Gasteiger charge is -2.06. The number of hydrogen-bond donors (Lipinski definition) is 2. The third-order valence-electron chi connectivity index (χ3n) is 3.28. The second-order valence-electron chi connectivity index (χ2n) is 5.25. The Labute approximate surface area is 149 Å². The van der Waals surface area contributed by atoms with Crippen molar-refractivity contribution in [3.8, 4) is 5.82 Å². The molecule has 1 amide bonds. The van der Waals surface area contributed by atoms with Gasteiger partial charge in [-0.3, -0.25) is 4.79 Å². The summed E-state index contributed by atoms with van der Waals surface area (Å²) < 4.78 is 1.67. The van der Waals surface area contributed by atoms with Gasteiger partial charge in [0.25, 0.3) is 0 Å². The first-order chi connectivity index (χ1) is 12.2. The predicted octanol–water partition coefficient (Wildman–Crippen LogP) is 2.27. The topological polar surface area (TPSA) is 84.7 Å². The Kier molecular flexibility index (Phi) is 5.53. The maximum Gasteiger partial charge on any atom is 0.244 e. The smallest absolute Gasteiger partial charge is 0.244 e. The third kappa shape index (κ3) is 4.98. The van der Waals surface area contributed by atoms with Crippen LogP contribution in [0.1, 0.15) is 10.6 Å². The van der Waals surface area contributed by atoms with E-state index in [4.69, 9.17) is 0 Å². The molecule has 3 aromatic heterocycles. The van der Waals surface area contributed by atoms with Crippen LogP contribution in [0.5, 0.6) is 0 Å². The molecule has 7 nitrogen and oxygen atoms in total. The molecule has 3 rings (SSSR count). The predicted molar refractivity (Wildman–Crippen MR) is 98.7 cm³/mol. The van der Waals surface area contributed by atoms with Gasteiger partial charge in [-0.1, -0.05) is 6.07 Å². The number of hydrogen-bond acceptors (Lipinski definition) is 6. The lowest BCUT2D eigenvalue weighted by Crippen LogP contribution is -2.27. The normalized spacial score (nSPS) is 10.9. The first-order valence-electron chi connectivity index (χ1n) is 7.80. The number of aryl methyl sites for hydroxylation is 1. The van der Waals surface area contributed by atoms with Crippen LogP contribution in [0.3, 0.4) is 0 Å². The molecule has 3 heterocycles. The molecule has 8 heteroatoms. The van der Waals surface area contributed by atoms with Crippen LogP contribution in [-0.4, -0.2) is 39.0 Å². The highest BCUT2D eigenvalue weighted by atomic mass is 32.1. The van der Waals surface area contributed by atoms with E-state index in [2.05, 4.69) is 25.9 Å². The zero-order valence-corrected chi connectivity index (χ0v) is 14.5. The van der Waals surface area contributed by atoms with E-state index in [1.54, 1.807) is 22.1 Å². The van der Waals surface area contributed by atoms with Crippen molar-refractivity contribution >= 4 is 29.1 Å². The molecule has 0 saturated heterocycles. The van der Waals surface area contributed by atoms with Crippen molar-refractivity contribution in [2.24, 2.45) is 0 Å². The summed E-state index contributed by atoms with van der Waals surface area (Å²) in [6.45, 7) is 2.98. The second-order valence-corrected chi connectivity index (χ2v) is 6.22. The van der Waals surface area contributed by atoms with E-state index in [0.717, 1.165) is 10.6 Å². The number of aromatic nitrogens is 4. The standard InChI is InChI=1S/C17H18N6OS/c1-13-8-11-23(22-13)16-6-5-15(20-21-16)18-9-10-19-17(24)7-4-14-3-2-12-25-14/h2-8,11-12H,9-10H2,1H3,(H,18,20)(H,19,24)/b7-4+. The molecule has 0 radical (unpaired) electrons. The number of thiophene rings is 1. The summed E-state index contributed by atoms with van der Waals surface area (Å²) in [4.78, 5) is 12.7. The first-order valence-corrected chi connectivity index (χ1v) is 8.68. The number of nitrogens with one attached hydrogen (secondary N) is 2. The van der Waals surface area contributed by atoms with E-state index in [9.17, 15) is 4.79 Å². The third-order valence-corrected chi connectivity index (χ3v) is 4.12. The van der Waals surface area contributed by atoms with Gasteiger partial charge in [-0.15, -0.1) is 21.5 Å². The van der Waals surface area contributed by atoms with E-state index in [0.29, 0.717) is 24.7 Å². The van der Waals surface area contributed by atoms with Crippen molar-refractivity contribution in [3.63, 3.8) is 0 Å². The molecule has 0 aromatic carbocycles. The van der Waals surface area contributed by atoms with Crippen LogP contribution in [0, 0.1) is 6.92 Å². The molecule has 0 aliphatic rings. The van der Waals surface area contributed by atoms with Crippen molar-refractivity contribution in [2.45, 2.75) is 6.92 Å². The summed E-state index contributed by atoms with van der Waals surface area (Å²) in [5, 5.41) is 20.4. The average molecular weight is 354 g/mol. The summed E-state index contributed by atoms with van der Waals surface area (Å²) in [7, 11) is 0. The summed E-state index contributed by atoms with van der Waals surface area (Å²) >= 11 is 1.59. The Hall–Kier alpha value is -3.00. The lowest BCUT2D eigenvalue weighted by atomic mass is 10.4. The van der Waals surface area contributed by atoms with E-state index < -0.39 is 0 Å². The van der Waals surface area contributed by atoms with E-state index in [1.165, 1.54) is 6.08 Å². The van der Waals surface area contributed by atoms with Crippen molar-refractivity contribution in [3.05, 3.63) is 58.6 Å². The number of amides is 1. The zero-order valence-electron chi connectivity index (χ0n) is 13.7. The minimum atomic E-state index is -0.120. The quantitative estimate of drug-likeness (QED) is 0.502. The molecule has 0 bridgehead atoms. The van der Waals surface area contributed by atoms with Crippen LogP contribution < -0.4 is 10.6 Å². The monoisotopic (exact) mass is 354 g/mol. The molecule has 128 valence electrons. The highest BCUT2D eigenvalue weighted by Gasteiger charge is 2.01. The summed E-state index contributed by atoms with van der Waals surface area (Å²) in [5.74, 6) is 1.19. The molecule has 25 heavy (non-hydrogen) atoms. The minimum Gasteiger partial charge on any atom is -0.367 e. The Morgan fingerprint density at radius 2 is 2.16 bits per heavy atom. The molecule has 0 aliphatic heterocycles. The van der Waals surface area contributed by atoms with Gasteiger partial charge in [0.05, 0.1) is 5.69 Å². The molecule has 2 N–H and O–H groups in total. The fourth-order valence-corrected chi connectivity index (χ4v) is 2.68. The number of carbonyl (C=O) groups is 1. The molecule has 0 unspecified atom stereocenters. The van der Waals surface area contributed by atoms with Gasteiger partial charge in [-0.2, -0.15) is 5.10 Å². The van der Waals surface area contributed by atoms with Crippen molar-refractivity contribution < 1.29 is 4.79 Å². The number of rotatable bonds is 7. The van der Waals surface area contributed by atoms with E-state index in [-0.39, 0.29) is 5.91 Å². The number of carbonyl (C=O) groups excluding carboxylic acids is 1. The van der Waals surface area contributed by atoms with Gasteiger partial charge in [0.15, 0.2) is 5.82 Å². The van der Waals surface area contributed by atoms with Crippen LogP contribution in [0.15, 0.2) is 48.0 Å². The number of nitrogens with zero attached hydrogens (tertiary/aromatic N) is 4. The Balaban J connectivity index is 1.41. The molecular formula is C17H18N6OS. The highest BCUT2D eigenvalue weighted by molar-refractivity contribution is 7.10. The van der Waals surface area contributed by atoms with Crippen molar-refractivity contribution in [2.75, 3.05) is 18.4 Å². The average Bonchev–Trinajstić information content (AvgIpc) is 3.29. The largest absolute Gasteiger partial charge is 0.367 e. The molecule has 0 saturated carbocycles. The van der Waals surface area contributed by atoms with Crippen LogP contribution in [0.25, 0.3) is 11.9 Å². The Morgan fingerprint density at radius 3 is 2.84 bits per heavy atom. The van der Waals surface area contributed by atoms with Crippen molar-refractivity contribution in [1.29, 1.82) is 0 Å². The van der Waals surface area contributed by atoms with Gasteiger partial charge in [0.2, 0.25) is 5.91 Å². The first kappa shape index (κ1) is 16.8. The SMILES string of the molecule is Cc1ccn(-c2ccc(NCCNC(=O)/C=C/c3cccs3)nn2)n1.